The van der Waals surface area contributed by atoms with Crippen molar-refractivity contribution in [3.63, 3.8) is 0 Å². The number of nitrogens with zero attached hydrogens (tertiary/aromatic N) is 2. The Kier molecular flexibility index (Phi) is 6.93. The fourth-order valence-electron chi connectivity index (χ4n) is 4.66. The van der Waals surface area contributed by atoms with E-state index in [-0.39, 0.29) is 0 Å². The highest BCUT2D eigenvalue weighted by molar-refractivity contribution is 7.13. The summed E-state index contributed by atoms with van der Waals surface area (Å²) in [6, 6.07) is 20.4. The standard InChI is InChI=1S/C31H26N4O3S/c1-20-9-13-39-31(20)22-2-3-24(16-33-19-36)29(15-22)37-11-12-38-30-7-5-23(17-34-30)21-4-6-25-26-18-32-10-8-27(26)35-28(25)14-21/h2-10,13-15,17-19,35H,11-12,16H2,1H3,(H,33,36). The number of carbonyl (C=O) groups is 1. The number of nitrogens with one attached hydrogen (secondary N) is 2. The lowest BCUT2D eigenvalue weighted by molar-refractivity contribution is -0.109. The smallest absolute Gasteiger partial charge is 0.213 e. The number of aromatic amines is 1. The van der Waals surface area contributed by atoms with Crippen LogP contribution in [0.2, 0.25) is 0 Å². The van der Waals surface area contributed by atoms with Gasteiger partial charge in [-0.3, -0.25) is 9.78 Å². The first-order valence-electron chi connectivity index (χ1n) is 12.6. The molecular weight excluding hydrogens is 508 g/mol. The third-order valence-corrected chi connectivity index (χ3v) is 7.69. The van der Waals surface area contributed by atoms with Gasteiger partial charge in [0.25, 0.3) is 0 Å². The van der Waals surface area contributed by atoms with Crippen molar-refractivity contribution in [1.29, 1.82) is 0 Å². The fraction of sp³-hybridized carbons (Fsp3) is 0.129. The van der Waals surface area contributed by atoms with E-state index in [9.17, 15) is 4.79 Å². The van der Waals surface area contributed by atoms with Crippen molar-refractivity contribution >= 4 is 39.6 Å². The largest absolute Gasteiger partial charge is 0.490 e. The molecule has 7 nitrogen and oxygen atoms in total. The third-order valence-electron chi connectivity index (χ3n) is 6.63. The minimum absolute atomic E-state index is 0.338. The molecule has 4 heterocycles. The minimum Gasteiger partial charge on any atom is -0.490 e. The summed E-state index contributed by atoms with van der Waals surface area (Å²) in [5.74, 6) is 1.26. The Balaban J connectivity index is 1.10. The van der Waals surface area contributed by atoms with E-state index >= 15 is 0 Å². The number of benzene rings is 2. The quantitative estimate of drug-likeness (QED) is 0.154. The average Bonchev–Trinajstić information content (AvgIpc) is 3.57. The van der Waals surface area contributed by atoms with E-state index in [4.69, 9.17) is 9.47 Å². The summed E-state index contributed by atoms with van der Waals surface area (Å²) in [5.41, 5.74) is 7.43. The maximum atomic E-state index is 10.8. The van der Waals surface area contributed by atoms with E-state index in [0.29, 0.717) is 32.0 Å². The fourth-order valence-corrected chi connectivity index (χ4v) is 5.58. The number of hydrogen-bond acceptors (Lipinski definition) is 6. The summed E-state index contributed by atoms with van der Waals surface area (Å²) in [4.78, 5) is 24.2. The maximum absolute atomic E-state index is 10.8. The van der Waals surface area contributed by atoms with Crippen molar-refractivity contribution in [3.05, 3.63) is 95.8 Å². The zero-order valence-electron chi connectivity index (χ0n) is 21.3. The summed E-state index contributed by atoms with van der Waals surface area (Å²) in [6.45, 7) is 3.17. The van der Waals surface area contributed by atoms with Crippen LogP contribution in [0.5, 0.6) is 11.6 Å². The zero-order chi connectivity index (χ0) is 26.6. The summed E-state index contributed by atoms with van der Waals surface area (Å²) in [5, 5.41) is 7.06. The van der Waals surface area contributed by atoms with E-state index in [1.807, 2.05) is 42.7 Å². The predicted octanol–water partition coefficient (Wildman–Crippen LogP) is 6.52. The molecule has 0 aliphatic carbocycles. The second-order valence-electron chi connectivity index (χ2n) is 9.14. The molecule has 0 fully saturated rings. The van der Waals surface area contributed by atoms with Crippen LogP contribution in [0.4, 0.5) is 0 Å². The Hall–Kier alpha value is -4.69. The first kappa shape index (κ1) is 24.6. The van der Waals surface area contributed by atoms with Crippen molar-refractivity contribution in [1.82, 2.24) is 20.3 Å². The molecule has 0 spiro atoms. The molecule has 4 aromatic heterocycles. The van der Waals surface area contributed by atoms with Gasteiger partial charge in [-0.05, 0) is 59.3 Å². The highest BCUT2D eigenvalue weighted by Crippen LogP contribution is 2.33. The van der Waals surface area contributed by atoms with Crippen LogP contribution in [0.1, 0.15) is 11.1 Å². The SMILES string of the molecule is Cc1ccsc1-c1ccc(CNC=O)c(OCCOc2ccc(-c3ccc4c(c3)[nH]c3ccncc34)cn2)c1. The van der Waals surface area contributed by atoms with Crippen LogP contribution in [0.25, 0.3) is 43.4 Å². The molecule has 0 radical (unpaired) electrons. The van der Waals surface area contributed by atoms with Gasteiger partial charge in [-0.25, -0.2) is 4.98 Å². The Morgan fingerprint density at radius 2 is 1.77 bits per heavy atom. The normalized spacial score (nSPS) is 11.1. The molecule has 39 heavy (non-hydrogen) atoms. The molecule has 2 N–H and O–H groups in total. The third kappa shape index (κ3) is 5.19. The summed E-state index contributed by atoms with van der Waals surface area (Å²) < 4.78 is 11.9. The van der Waals surface area contributed by atoms with E-state index in [1.165, 1.54) is 10.4 Å². The molecule has 8 heteroatoms. The van der Waals surface area contributed by atoms with E-state index in [2.05, 4.69) is 62.9 Å². The Bertz CT molecular complexity index is 1760. The van der Waals surface area contributed by atoms with Crippen LogP contribution >= 0.6 is 11.3 Å². The predicted molar refractivity (Wildman–Crippen MR) is 155 cm³/mol. The molecular formula is C31H26N4O3S. The van der Waals surface area contributed by atoms with Crippen LogP contribution < -0.4 is 14.8 Å². The average molecular weight is 535 g/mol. The molecule has 0 saturated carbocycles. The number of aromatic nitrogens is 3. The minimum atomic E-state index is 0.338. The molecule has 0 unspecified atom stereocenters. The summed E-state index contributed by atoms with van der Waals surface area (Å²) in [6.07, 6.45) is 6.18. The van der Waals surface area contributed by atoms with Gasteiger partial charge in [-0.1, -0.05) is 24.3 Å². The van der Waals surface area contributed by atoms with Crippen molar-refractivity contribution < 1.29 is 14.3 Å². The molecule has 2 aromatic carbocycles. The molecule has 0 aliphatic rings. The highest BCUT2D eigenvalue weighted by Gasteiger charge is 2.11. The van der Waals surface area contributed by atoms with Crippen molar-refractivity contribution in [2.24, 2.45) is 0 Å². The van der Waals surface area contributed by atoms with Gasteiger partial charge in [-0.2, -0.15) is 0 Å². The number of H-pyrrole nitrogens is 1. The first-order valence-corrected chi connectivity index (χ1v) is 13.5. The van der Waals surface area contributed by atoms with Crippen LogP contribution in [0.15, 0.2) is 84.6 Å². The number of aryl methyl sites for hydroxylation is 1. The molecule has 1 amide bonds. The van der Waals surface area contributed by atoms with Crippen molar-refractivity contribution in [2.45, 2.75) is 13.5 Å². The first-order chi connectivity index (χ1) is 19.2. The molecule has 0 saturated heterocycles. The highest BCUT2D eigenvalue weighted by atomic mass is 32.1. The number of hydrogen-bond donors (Lipinski definition) is 2. The second-order valence-corrected chi connectivity index (χ2v) is 10.1. The van der Waals surface area contributed by atoms with Crippen LogP contribution in [0, 0.1) is 6.92 Å². The number of ether oxygens (including phenoxy) is 2. The van der Waals surface area contributed by atoms with Gasteiger partial charge in [0.1, 0.15) is 19.0 Å². The molecule has 6 aromatic rings. The van der Waals surface area contributed by atoms with Crippen molar-refractivity contribution in [2.75, 3.05) is 13.2 Å². The number of rotatable bonds is 10. The molecule has 0 bridgehead atoms. The van der Waals surface area contributed by atoms with E-state index < -0.39 is 0 Å². The molecule has 0 atom stereocenters. The topological polar surface area (TPSA) is 89.1 Å². The number of pyridine rings is 2. The van der Waals surface area contributed by atoms with Crippen LogP contribution in [0.3, 0.4) is 0 Å². The lowest BCUT2D eigenvalue weighted by Gasteiger charge is -2.14. The van der Waals surface area contributed by atoms with Gasteiger partial charge in [-0.15, -0.1) is 11.3 Å². The number of fused-ring (bicyclic) bond motifs is 3. The van der Waals surface area contributed by atoms with Gasteiger partial charge in [0.15, 0.2) is 0 Å². The lowest BCUT2D eigenvalue weighted by Crippen LogP contribution is -2.14. The Morgan fingerprint density at radius 1 is 0.897 bits per heavy atom. The lowest BCUT2D eigenvalue weighted by atomic mass is 10.1. The Morgan fingerprint density at radius 3 is 2.59 bits per heavy atom. The summed E-state index contributed by atoms with van der Waals surface area (Å²) >= 11 is 1.70. The van der Waals surface area contributed by atoms with E-state index in [0.717, 1.165) is 49.8 Å². The van der Waals surface area contributed by atoms with Gasteiger partial charge in [0, 0.05) is 69.0 Å². The zero-order valence-corrected chi connectivity index (χ0v) is 22.1. The van der Waals surface area contributed by atoms with Gasteiger partial charge in [0.05, 0.1) is 0 Å². The van der Waals surface area contributed by atoms with Crippen LogP contribution in [-0.4, -0.2) is 34.6 Å². The number of amides is 1. The van der Waals surface area contributed by atoms with Crippen molar-refractivity contribution in [3.8, 4) is 33.2 Å². The monoisotopic (exact) mass is 534 g/mol. The maximum Gasteiger partial charge on any atom is 0.213 e. The number of carbonyl (C=O) groups excluding carboxylic acids is 1. The summed E-state index contributed by atoms with van der Waals surface area (Å²) in [7, 11) is 0. The Labute approximate surface area is 229 Å². The van der Waals surface area contributed by atoms with Gasteiger partial charge in [0.2, 0.25) is 12.3 Å². The molecule has 6 rings (SSSR count). The van der Waals surface area contributed by atoms with E-state index in [1.54, 1.807) is 17.5 Å². The second kappa shape index (κ2) is 11.0. The van der Waals surface area contributed by atoms with Gasteiger partial charge < -0.3 is 19.8 Å². The van der Waals surface area contributed by atoms with Crippen LogP contribution in [-0.2, 0) is 11.3 Å². The molecule has 0 aliphatic heterocycles. The molecule has 194 valence electrons. The number of thiophene rings is 1. The van der Waals surface area contributed by atoms with Gasteiger partial charge >= 0.3 is 0 Å².